The summed E-state index contributed by atoms with van der Waals surface area (Å²) in [5, 5.41) is 4.06. The van der Waals surface area contributed by atoms with Crippen LogP contribution >= 0.6 is 11.6 Å². The standard InChI is InChI=1S/C24H30ClN3O3S/c1-4-27(5-2)16-8-15-26-23(29)17-28-18(3)24(21-9-6-7-10-22(21)28)32(30,31)20-13-11-19(25)12-14-20/h6-7,9-14H,4-5,8,15-17H2,1-3H3,(H,26,29)/p+1. The van der Waals surface area contributed by atoms with Gasteiger partial charge in [-0.15, -0.1) is 0 Å². The van der Waals surface area contributed by atoms with E-state index >= 15 is 0 Å². The monoisotopic (exact) mass is 476 g/mol. The minimum absolute atomic E-state index is 0.0701. The molecule has 0 bridgehead atoms. The molecule has 2 aromatic carbocycles. The van der Waals surface area contributed by atoms with E-state index in [4.69, 9.17) is 11.6 Å². The van der Waals surface area contributed by atoms with Crippen molar-refractivity contribution in [3.63, 3.8) is 0 Å². The van der Waals surface area contributed by atoms with Gasteiger partial charge in [0, 0.05) is 29.1 Å². The molecular weight excluding hydrogens is 446 g/mol. The highest BCUT2D eigenvalue weighted by Crippen LogP contribution is 2.34. The molecule has 1 heterocycles. The van der Waals surface area contributed by atoms with Gasteiger partial charge in [0.2, 0.25) is 15.7 Å². The lowest BCUT2D eigenvalue weighted by Crippen LogP contribution is -3.11. The fourth-order valence-corrected chi connectivity index (χ4v) is 5.86. The van der Waals surface area contributed by atoms with Crippen molar-refractivity contribution >= 4 is 38.2 Å². The van der Waals surface area contributed by atoms with E-state index in [1.165, 1.54) is 17.0 Å². The second kappa shape index (κ2) is 10.5. The Labute approximate surface area is 195 Å². The molecule has 0 saturated carbocycles. The van der Waals surface area contributed by atoms with Gasteiger partial charge in [0.25, 0.3) is 0 Å². The molecule has 0 saturated heterocycles. The van der Waals surface area contributed by atoms with Gasteiger partial charge in [-0.05, 0) is 51.1 Å². The zero-order valence-electron chi connectivity index (χ0n) is 18.8. The van der Waals surface area contributed by atoms with Crippen molar-refractivity contribution in [2.75, 3.05) is 26.2 Å². The van der Waals surface area contributed by atoms with Gasteiger partial charge in [-0.3, -0.25) is 4.79 Å². The minimum Gasteiger partial charge on any atom is -0.354 e. The quantitative estimate of drug-likeness (QED) is 0.442. The van der Waals surface area contributed by atoms with Crippen LogP contribution in [-0.2, 0) is 21.2 Å². The number of carbonyl (C=O) groups excluding carboxylic acids is 1. The Hall–Kier alpha value is -2.35. The highest BCUT2D eigenvalue weighted by atomic mass is 35.5. The summed E-state index contributed by atoms with van der Waals surface area (Å²) in [4.78, 5) is 14.6. The Morgan fingerprint density at radius 1 is 1.06 bits per heavy atom. The molecule has 0 fully saturated rings. The summed E-state index contributed by atoms with van der Waals surface area (Å²) >= 11 is 5.94. The summed E-state index contributed by atoms with van der Waals surface area (Å²) < 4.78 is 28.7. The van der Waals surface area contributed by atoms with Crippen molar-refractivity contribution in [2.45, 2.75) is 43.5 Å². The molecule has 0 unspecified atom stereocenters. The van der Waals surface area contributed by atoms with Gasteiger partial charge in [0.05, 0.1) is 30.0 Å². The van der Waals surface area contributed by atoms with Crippen molar-refractivity contribution in [1.29, 1.82) is 0 Å². The van der Waals surface area contributed by atoms with Crippen molar-refractivity contribution in [2.24, 2.45) is 0 Å². The fourth-order valence-electron chi connectivity index (χ4n) is 4.04. The summed E-state index contributed by atoms with van der Waals surface area (Å²) in [5.74, 6) is -0.126. The predicted octanol–water partition coefficient (Wildman–Crippen LogP) is 2.87. The van der Waals surface area contributed by atoms with E-state index in [0.717, 1.165) is 31.6 Å². The number of nitrogens with one attached hydrogen (secondary N) is 2. The summed E-state index contributed by atoms with van der Waals surface area (Å²) in [6.45, 7) is 9.91. The molecule has 1 aromatic heterocycles. The third kappa shape index (κ3) is 5.17. The van der Waals surface area contributed by atoms with Crippen molar-refractivity contribution in [3.8, 4) is 0 Å². The number of fused-ring (bicyclic) bond motifs is 1. The number of sulfone groups is 1. The second-order valence-corrected chi connectivity index (χ2v) is 10.2. The minimum atomic E-state index is -3.78. The first-order valence-electron chi connectivity index (χ1n) is 11.0. The Balaban J connectivity index is 1.86. The molecule has 1 amide bonds. The molecule has 0 atom stereocenters. The maximum atomic E-state index is 13.5. The van der Waals surface area contributed by atoms with Crippen LogP contribution < -0.4 is 10.2 Å². The Morgan fingerprint density at radius 3 is 2.38 bits per heavy atom. The Morgan fingerprint density at radius 2 is 1.72 bits per heavy atom. The first-order chi connectivity index (χ1) is 15.3. The SMILES string of the molecule is CC[NH+](CC)CCCNC(=O)Cn1c(C)c(S(=O)(=O)c2ccc(Cl)cc2)c2ccccc21. The summed E-state index contributed by atoms with van der Waals surface area (Å²) in [6.07, 6.45) is 0.907. The number of amides is 1. The Kier molecular flexibility index (Phi) is 7.98. The highest BCUT2D eigenvalue weighted by molar-refractivity contribution is 7.91. The number of rotatable bonds is 10. The maximum Gasteiger partial charge on any atom is 0.239 e. The smallest absolute Gasteiger partial charge is 0.239 e. The molecular formula is C24H31ClN3O3S+. The fraction of sp³-hybridized carbons (Fsp3) is 0.375. The largest absolute Gasteiger partial charge is 0.354 e. The average Bonchev–Trinajstić information content (AvgIpc) is 3.06. The lowest BCUT2D eigenvalue weighted by molar-refractivity contribution is -0.896. The number of carbonyl (C=O) groups is 1. The number of quaternary nitrogens is 1. The van der Waals surface area contributed by atoms with Crippen LogP contribution in [-0.4, -0.2) is 45.1 Å². The van der Waals surface area contributed by atoms with Gasteiger partial charge in [-0.25, -0.2) is 8.42 Å². The summed E-state index contributed by atoms with van der Waals surface area (Å²) in [7, 11) is -3.78. The number of benzene rings is 2. The molecule has 6 nitrogen and oxygen atoms in total. The highest BCUT2D eigenvalue weighted by Gasteiger charge is 2.27. The molecule has 0 aliphatic rings. The maximum absolute atomic E-state index is 13.5. The van der Waals surface area contributed by atoms with Crippen LogP contribution in [0.4, 0.5) is 0 Å². The Bertz CT molecular complexity index is 1180. The first kappa shape index (κ1) is 24.3. The van der Waals surface area contributed by atoms with Gasteiger partial charge < -0.3 is 14.8 Å². The molecule has 2 N–H and O–H groups in total. The average molecular weight is 477 g/mol. The second-order valence-electron chi connectivity index (χ2n) is 7.89. The molecule has 3 rings (SSSR count). The van der Waals surface area contributed by atoms with Gasteiger partial charge >= 0.3 is 0 Å². The van der Waals surface area contributed by atoms with Gasteiger partial charge in [-0.1, -0.05) is 29.8 Å². The molecule has 8 heteroatoms. The van der Waals surface area contributed by atoms with Crippen molar-refractivity contribution in [3.05, 3.63) is 59.2 Å². The molecule has 3 aromatic rings. The number of nitrogens with zero attached hydrogens (tertiary/aromatic N) is 1. The van der Waals surface area contributed by atoms with Crippen LogP contribution in [0.15, 0.2) is 58.3 Å². The number of hydrogen-bond acceptors (Lipinski definition) is 3. The van der Waals surface area contributed by atoms with Crippen LogP contribution in [0, 0.1) is 6.92 Å². The van der Waals surface area contributed by atoms with E-state index in [1.54, 1.807) is 29.7 Å². The zero-order chi connectivity index (χ0) is 23.3. The number of para-hydroxylation sites is 1. The third-order valence-electron chi connectivity index (χ3n) is 5.90. The van der Waals surface area contributed by atoms with E-state index in [9.17, 15) is 13.2 Å². The van der Waals surface area contributed by atoms with E-state index in [0.29, 0.717) is 22.6 Å². The van der Waals surface area contributed by atoms with Crippen LogP contribution in [0.2, 0.25) is 5.02 Å². The van der Waals surface area contributed by atoms with Crippen LogP contribution in [0.3, 0.4) is 0 Å². The lowest BCUT2D eigenvalue weighted by Gasteiger charge is -2.15. The van der Waals surface area contributed by atoms with E-state index in [1.807, 2.05) is 18.2 Å². The van der Waals surface area contributed by atoms with Crippen molar-refractivity contribution in [1.82, 2.24) is 9.88 Å². The van der Waals surface area contributed by atoms with Crippen LogP contribution in [0.5, 0.6) is 0 Å². The first-order valence-corrected chi connectivity index (χ1v) is 12.8. The zero-order valence-corrected chi connectivity index (χ0v) is 20.4. The van der Waals surface area contributed by atoms with Gasteiger partial charge in [0.15, 0.2) is 0 Å². The van der Waals surface area contributed by atoms with E-state index in [-0.39, 0.29) is 22.2 Å². The topological polar surface area (TPSA) is 72.6 Å². The summed E-state index contributed by atoms with van der Waals surface area (Å²) in [6, 6.07) is 13.4. The van der Waals surface area contributed by atoms with E-state index < -0.39 is 9.84 Å². The van der Waals surface area contributed by atoms with Gasteiger partial charge in [0.1, 0.15) is 11.4 Å². The molecule has 172 valence electrons. The number of aromatic nitrogens is 1. The molecule has 0 aliphatic heterocycles. The van der Waals surface area contributed by atoms with E-state index in [2.05, 4.69) is 19.2 Å². The lowest BCUT2D eigenvalue weighted by atomic mass is 10.2. The number of hydrogen-bond donors (Lipinski definition) is 2. The van der Waals surface area contributed by atoms with Crippen molar-refractivity contribution < 1.29 is 18.1 Å². The third-order valence-corrected chi connectivity index (χ3v) is 8.09. The predicted molar refractivity (Wildman–Crippen MR) is 128 cm³/mol. The number of halogens is 1. The summed E-state index contributed by atoms with van der Waals surface area (Å²) in [5.41, 5.74) is 1.27. The van der Waals surface area contributed by atoms with Crippen LogP contribution in [0.25, 0.3) is 10.9 Å². The van der Waals surface area contributed by atoms with Gasteiger partial charge in [-0.2, -0.15) is 0 Å². The molecule has 0 spiro atoms. The molecule has 0 radical (unpaired) electrons. The van der Waals surface area contributed by atoms with Crippen LogP contribution in [0.1, 0.15) is 26.0 Å². The molecule has 32 heavy (non-hydrogen) atoms. The normalized spacial score (nSPS) is 11.9. The molecule has 0 aliphatic carbocycles.